The number of benzene rings is 2. The highest BCUT2D eigenvalue weighted by molar-refractivity contribution is 5.86. The van der Waals surface area contributed by atoms with Gasteiger partial charge in [-0.25, -0.2) is 19.6 Å². The minimum Gasteiger partial charge on any atom is -0.453 e. The lowest BCUT2D eigenvalue weighted by molar-refractivity contribution is -0.135. The van der Waals surface area contributed by atoms with E-state index in [0.29, 0.717) is 13.1 Å². The first-order chi connectivity index (χ1) is 26.9. The molecule has 14 heteroatoms. The molecule has 0 spiro atoms. The number of likely N-dealkylation sites (tertiary alicyclic amines) is 2. The van der Waals surface area contributed by atoms with Crippen LogP contribution in [0.4, 0.5) is 9.59 Å². The van der Waals surface area contributed by atoms with Crippen LogP contribution in [0.3, 0.4) is 0 Å². The number of aryl methyl sites for hydroxylation is 2. The number of imidazole rings is 2. The van der Waals surface area contributed by atoms with Gasteiger partial charge in [-0.15, -0.1) is 0 Å². The lowest BCUT2D eigenvalue weighted by Gasteiger charge is -2.35. The van der Waals surface area contributed by atoms with Crippen molar-refractivity contribution in [2.24, 2.45) is 11.8 Å². The number of nitrogens with zero attached hydrogens (tertiary/aromatic N) is 4. The van der Waals surface area contributed by atoms with Gasteiger partial charge >= 0.3 is 12.2 Å². The topological polar surface area (TPSA) is 178 Å². The number of ether oxygens (including phenoxy) is 2. The number of carbonyl (C=O) groups is 3. The summed E-state index contributed by atoms with van der Waals surface area (Å²) in [7, 11) is 2.62. The van der Waals surface area contributed by atoms with Crippen LogP contribution in [-0.4, -0.2) is 98.6 Å². The highest BCUT2D eigenvalue weighted by atomic mass is 16.5. The average molecular weight is 765 g/mol. The van der Waals surface area contributed by atoms with Gasteiger partial charge in [0.05, 0.1) is 49.1 Å². The van der Waals surface area contributed by atoms with Crippen molar-refractivity contribution in [3.8, 4) is 23.1 Å². The molecule has 2 aromatic carbocycles. The molecule has 0 saturated carbocycles. The molecule has 3 aliphatic rings. The summed E-state index contributed by atoms with van der Waals surface area (Å²) in [6.45, 7) is 9.04. The largest absolute Gasteiger partial charge is 0.453 e. The van der Waals surface area contributed by atoms with E-state index in [0.717, 1.165) is 89.3 Å². The first-order valence-electron chi connectivity index (χ1n) is 19.6. The number of hydrogen-bond acceptors (Lipinski definition) is 9. The first-order valence-corrected chi connectivity index (χ1v) is 19.6. The Morgan fingerprint density at radius 1 is 0.839 bits per heavy atom. The molecule has 4 heterocycles. The molecule has 0 radical (unpaired) electrons. The number of rotatable bonds is 9. The van der Waals surface area contributed by atoms with Crippen molar-refractivity contribution in [1.29, 1.82) is 0 Å². The van der Waals surface area contributed by atoms with Gasteiger partial charge in [-0.2, -0.15) is 0 Å². The Bertz CT molecular complexity index is 2160. The van der Waals surface area contributed by atoms with Crippen LogP contribution < -0.4 is 10.6 Å². The van der Waals surface area contributed by atoms with Crippen LogP contribution in [0.2, 0.25) is 0 Å². The van der Waals surface area contributed by atoms with E-state index < -0.39 is 30.5 Å². The highest BCUT2D eigenvalue weighted by Gasteiger charge is 2.40. The Hall–Kier alpha value is -5.39. The molecule has 5 atom stereocenters. The molecule has 2 fully saturated rings. The summed E-state index contributed by atoms with van der Waals surface area (Å²) >= 11 is 0. The summed E-state index contributed by atoms with van der Waals surface area (Å²) in [6, 6.07) is 10.7. The smallest absolute Gasteiger partial charge is 0.407 e. The van der Waals surface area contributed by atoms with Gasteiger partial charge in [0.15, 0.2) is 0 Å². The van der Waals surface area contributed by atoms with E-state index in [9.17, 15) is 19.5 Å². The molecule has 4 aromatic rings. The van der Waals surface area contributed by atoms with Crippen molar-refractivity contribution < 1.29 is 29.0 Å². The summed E-state index contributed by atoms with van der Waals surface area (Å²) in [5.41, 5.74) is 7.70. The van der Waals surface area contributed by atoms with Gasteiger partial charge in [0.25, 0.3) is 0 Å². The fraction of sp³-hybridized carbons (Fsp3) is 0.500. The maximum absolute atomic E-state index is 13.7. The van der Waals surface area contributed by atoms with Crippen molar-refractivity contribution in [2.75, 3.05) is 27.3 Å². The maximum atomic E-state index is 13.7. The van der Waals surface area contributed by atoms with Gasteiger partial charge in [0.1, 0.15) is 23.9 Å². The number of amides is 3. The molecule has 7 rings (SSSR count). The minimum absolute atomic E-state index is 0.0117. The second kappa shape index (κ2) is 16.4. The molecule has 5 N–H and O–H groups in total. The summed E-state index contributed by atoms with van der Waals surface area (Å²) in [5, 5.41) is 16.9. The van der Waals surface area contributed by atoms with Crippen molar-refractivity contribution in [2.45, 2.75) is 96.6 Å². The van der Waals surface area contributed by atoms with Crippen molar-refractivity contribution in [1.82, 2.24) is 40.4 Å². The van der Waals surface area contributed by atoms with Gasteiger partial charge < -0.3 is 40.1 Å². The standard InChI is InChI=1S/C42H52N8O6/c1-23(2)34(47-41(53)55-5)39(51)49-19-7-9-32(49)37-43-29-17-14-26(22-31(29)45-37)12-11-25-13-16-28-27(21-25)15-18-30-36(28)46-38(44-30)33-10-8-20-50(33)40(52)35(24(3)4)48-42(54)56-6/h13-14,16-17,21-24,32-35,39,51H,7-10,15,18-20H2,1-6H3,(H,43,45)(H,44,46)(H,47,53)(H,48,54). The average Bonchev–Trinajstić information content (AvgIpc) is 4.02. The number of fused-ring (bicyclic) bond motifs is 4. The third-order valence-electron chi connectivity index (χ3n) is 11.4. The number of hydrogen-bond donors (Lipinski definition) is 5. The van der Waals surface area contributed by atoms with Gasteiger partial charge in [-0.1, -0.05) is 45.6 Å². The van der Waals surface area contributed by atoms with Crippen LogP contribution in [-0.2, 0) is 27.1 Å². The molecule has 56 heavy (non-hydrogen) atoms. The Morgan fingerprint density at radius 3 is 2.25 bits per heavy atom. The predicted molar refractivity (Wildman–Crippen MR) is 210 cm³/mol. The van der Waals surface area contributed by atoms with Crippen LogP contribution in [0.15, 0.2) is 36.4 Å². The summed E-state index contributed by atoms with van der Waals surface area (Å²) in [4.78, 5) is 58.5. The zero-order chi connectivity index (χ0) is 39.7. The number of methoxy groups -OCH3 is 2. The zero-order valence-electron chi connectivity index (χ0n) is 32.9. The predicted octanol–water partition coefficient (Wildman–Crippen LogP) is 5.33. The molecule has 1 aliphatic carbocycles. The molecule has 2 aliphatic heterocycles. The van der Waals surface area contributed by atoms with Crippen molar-refractivity contribution in [3.05, 3.63) is 70.4 Å². The van der Waals surface area contributed by atoms with Crippen LogP contribution in [0.1, 0.15) is 99.5 Å². The number of aromatic amines is 2. The highest BCUT2D eigenvalue weighted by Crippen LogP contribution is 2.38. The normalized spacial score (nSPS) is 19.6. The Balaban J connectivity index is 1.06. The van der Waals surface area contributed by atoms with Gasteiger partial charge in [0, 0.05) is 35.5 Å². The Labute approximate surface area is 327 Å². The molecule has 296 valence electrons. The lowest BCUT2D eigenvalue weighted by atomic mass is 9.91. The van der Waals surface area contributed by atoms with Crippen LogP contribution in [0.25, 0.3) is 22.3 Å². The van der Waals surface area contributed by atoms with Crippen LogP contribution in [0.5, 0.6) is 0 Å². The van der Waals surface area contributed by atoms with E-state index >= 15 is 0 Å². The fourth-order valence-corrected chi connectivity index (χ4v) is 8.35. The number of aliphatic hydroxyl groups is 1. The van der Waals surface area contributed by atoms with E-state index in [4.69, 9.17) is 19.4 Å². The third-order valence-corrected chi connectivity index (χ3v) is 11.4. The van der Waals surface area contributed by atoms with E-state index in [1.807, 2.05) is 61.8 Å². The van der Waals surface area contributed by atoms with Crippen molar-refractivity contribution >= 4 is 29.1 Å². The van der Waals surface area contributed by atoms with E-state index in [-0.39, 0.29) is 29.8 Å². The monoisotopic (exact) mass is 764 g/mol. The molecular formula is C42H52N8O6. The van der Waals surface area contributed by atoms with E-state index in [2.05, 4.69) is 44.6 Å². The Morgan fingerprint density at radius 2 is 1.52 bits per heavy atom. The molecule has 2 aromatic heterocycles. The van der Waals surface area contributed by atoms with Crippen LogP contribution >= 0.6 is 0 Å². The second-order valence-electron chi connectivity index (χ2n) is 15.7. The maximum Gasteiger partial charge on any atom is 0.407 e. The molecule has 3 amide bonds. The van der Waals surface area contributed by atoms with Gasteiger partial charge in [-0.3, -0.25) is 9.69 Å². The van der Waals surface area contributed by atoms with E-state index in [1.54, 1.807) is 0 Å². The number of carbonyl (C=O) groups excluding carboxylic acids is 3. The molecule has 5 unspecified atom stereocenters. The number of alkyl carbamates (subject to hydrolysis) is 2. The van der Waals surface area contributed by atoms with Gasteiger partial charge in [0.2, 0.25) is 5.91 Å². The quantitative estimate of drug-likeness (QED) is 0.141. The molecule has 0 bridgehead atoms. The van der Waals surface area contributed by atoms with Gasteiger partial charge in [-0.05, 0) is 86.3 Å². The fourth-order valence-electron chi connectivity index (χ4n) is 8.35. The summed E-state index contributed by atoms with van der Waals surface area (Å²) in [6.07, 6.45) is 2.96. The number of aromatic nitrogens is 4. The van der Waals surface area contributed by atoms with Crippen molar-refractivity contribution in [3.63, 3.8) is 0 Å². The molecular weight excluding hydrogens is 713 g/mol. The zero-order valence-corrected chi connectivity index (χ0v) is 32.9. The third kappa shape index (κ3) is 7.83. The van der Waals surface area contributed by atoms with E-state index in [1.165, 1.54) is 19.8 Å². The lowest BCUT2D eigenvalue weighted by Crippen LogP contribution is -2.54. The first kappa shape index (κ1) is 38.9. The molecule has 2 saturated heterocycles. The molecule has 14 nitrogen and oxygen atoms in total. The number of H-pyrrole nitrogens is 2. The number of nitrogens with one attached hydrogen (secondary N) is 4. The SMILES string of the molecule is COC(=O)NC(C(=O)N1CCCC1c1nc2c([nH]1)CCc1cc(C#Cc3ccc4nc(C5CCCN5C(O)C(NC(=O)OC)C(C)C)[nH]c4c3)ccc1-2)C(C)C. The minimum atomic E-state index is -0.899. The number of aliphatic hydroxyl groups excluding tert-OH is 1. The summed E-state index contributed by atoms with van der Waals surface area (Å²) < 4.78 is 9.59. The van der Waals surface area contributed by atoms with Crippen LogP contribution in [0, 0.1) is 23.7 Å². The Kier molecular flexibility index (Phi) is 11.4. The summed E-state index contributed by atoms with van der Waals surface area (Å²) in [5.74, 6) is 8.00. The second-order valence-corrected chi connectivity index (χ2v) is 15.7.